The molecule has 3 N–H and O–H groups in total. The van der Waals surface area contributed by atoms with E-state index in [1.165, 1.54) is 18.7 Å². The van der Waals surface area contributed by atoms with E-state index in [-0.39, 0.29) is 6.42 Å². The normalized spacial score (nSPS) is 40.0. The fraction of sp³-hybridized carbons (Fsp3) is 0.933. The highest BCUT2D eigenvalue weighted by Gasteiger charge is 2.75. The summed E-state index contributed by atoms with van der Waals surface area (Å²) in [6.45, 7) is 7.09. The molecule has 24 heavy (non-hydrogen) atoms. The standard InChI is InChI=1S/C15H25F2NO6/c1-5-18(6-2)12(21)23-11-13(3,4)7-8-9(19)10(20)14(16,17)15(11,22)24-8/h8-11,19-20,22H,5-7H2,1-4H3/t8-,9-,10+,11+,15+/m0/s1. The number of fused-ring (bicyclic) bond motifs is 2. The van der Waals surface area contributed by atoms with Crippen molar-refractivity contribution in [1.82, 2.24) is 4.90 Å². The third-order valence-electron chi connectivity index (χ3n) is 4.92. The molecule has 7 nitrogen and oxygen atoms in total. The van der Waals surface area contributed by atoms with Crippen molar-refractivity contribution in [2.45, 2.75) is 70.2 Å². The van der Waals surface area contributed by atoms with Crippen LogP contribution in [0.5, 0.6) is 0 Å². The van der Waals surface area contributed by atoms with Crippen LogP contribution in [0.2, 0.25) is 0 Å². The average molecular weight is 353 g/mol. The summed E-state index contributed by atoms with van der Waals surface area (Å²) in [7, 11) is 0. The van der Waals surface area contributed by atoms with Crippen LogP contribution in [0.3, 0.4) is 0 Å². The first-order valence-corrected chi connectivity index (χ1v) is 8.02. The number of hydrogen-bond acceptors (Lipinski definition) is 6. The van der Waals surface area contributed by atoms with Crippen LogP contribution < -0.4 is 0 Å². The van der Waals surface area contributed by atoms with Gasteiger partial charge in [0.25, 0.3) is 5.79 Å². The lowest BCUT2D eigenvalue weighted by atomic mass is 9.68. The van der Waals surface area contributed by atoms with Gasteiger partial charge < -0.3 is 29.7 Å². The molecule has 0 spiro atoms. The average Bonchev–Trinajstić information content (AvgIpc) is 2.48. The van der Waals surface area contributed by atoms with Crippen LogP contribution >= 0.6 is 0 Å². The third kappa shape index (κ3) is 2.67. The summed E-state index contributed by atoms with van der Waals surface area (Å²) in [6, 6.07) is 0. The molecule has 2 rings (SSSR count). The summed E-state index contributed by atoms with van der Waals surface area (Å²) in [5.74, 6) is -7.43. The van der Waals surface area contributed by atoms with E-state index in [0.717, 1.165) is 0 Å². The lowest BCUT2D eigenvalue weighted by molar-refractivity contribution is -0.452. The highest BCUT2D eigenvalue weighted by atomic mass is 19.3. The molecule has 0 radical (unpaired) electrons. The van der Waals surface area contributed by atoms with Crippen molar-refractivity contribution in [3.8, 4) is 0 Å². The number of alkyl halides is 2. The summed E-state index contributed by atoms with van der Waals surface area (Å²) in [4.78, 5) is 13.5. The van der Waals surface area contributed by atoms with E-state index in [0.29, 0.717) is 13.1 Å². The van der Waals surface area contributed by atoms with Crippen molar-refractivity contribution in [3.63, 3.8) is 0 Å². The number of ether oxygens (including phenoxy) is 2. The van der Waals surface area contributed by atoms with Gasteiger partial charge in [0.05, 0.1) is 6.10 Å². The zero-order valence-electron chi connectivity index (χ0n) is 14.2. The van der Waals surface area contributed by atoms with Gasteiger partial charge in [0.1, 0.15) is 6.10 Å². The molecule has 0 aromatic heterocycles. The van der Waals surface area contributed by atoms with Crippen molar-refractivity contribution in [1.29, 1.82) is 0 Å². The van der Waals surface area contributed by atoms with Gasteiger partial charge in [-0.15, -0.1) is 0 Å². The van der Waals surface area contributed by atoms with Gasteiger partial charge in [-0.1, -0.05) is 13.8 Å². The zero-order chi connectivity index (χ0) is 18.5. The summed E-state index contributed by atoms with van der Waals surface area (Å²) in [5, 5.41) is 30.1. The molecule has 0 aromatic rings. The number of rotatable bonds is 3. The molecular formula is C15H25F2NO6. The topological polar surface area (TPSA) is 99.5 Å². The first-order valence-electron chi connectivity index (χ1n) is 8.02. The molecular weight excluding hydrogens is 328 g/mol. The van der Waals surface area contributed by atoms with Crippen LogP contribution in [0.15, 0.2) is 0 Å². The van der Waals surface area contributed by atoms with E-state index in [1.54, 1.807) is 13.8 Å². The van der Waals surface area contributed by atoms with Gasteiger partial charge in [0, 0.05) is 18.5 Å². The van der Waals surface area contributed by atoms with Crippen molar-refractivity contribution in [2.24, 2.45) is 5.41 Å². The molecule has 140 valence electrons. The number of aliphatic hydroxyl groups is 3. The predicted molar refractivity (Wildman–Crippen MR) is 78.4 cm³/mol. The first kappa shape index (κ1) is 19.3. The maximum absolute atomic E-state index is 14.5. The second kappa shape index (κ2) is 6.05. The van der Waals surface area contributed by atoms with Gasteiger partial charge in [0.15, 0.2) is 12.2 Å². The molecule has 0 aromatic carbocycles. The van der Waals surface area contributed by atoms with E-state index in [2.05, 4.69) is 0 Å². The van der Waals surface area contributed by atoms with Crippen LogP contribution in [-0.4, -0.2) is 75.5 Å². The van der Waals surface area contributed by atoms with Crippen LogP contribution in [0.25, 0.3) is 0 Å². The van der Waals surface area contributed by atoms with Crippen LogP contribution in [0, 0.1) is 5.41 Å². The Hall–Kier alpha value is -1.03. The lowest BCUT2D eigenvalue weighted by Crippen LogP contribution is -2.78. The molecule has 9 heteroatoms. The van der Waals surface area contributed by atoms with Gasteiger partial charge in [-0.05, 0) is 20.3 Å². The summed E-state index contributed by atoms with van der Waals surface area (Å²) < 4.78 is 39.2. The van der Waals surface area contributed by atoms with E-state index in [9.17, 15) is 28.9 Å². The second-order valence-corrected chi connectivity index (χ2v) is 7.04. The molecule has 1 amide bonds. The van der Waals surface area contributed by atoms with E-state index < -0.39 is 47.6 Å². The van der Waals surface area contributed by atoms with Gasteiger partial charge >= 0.3 is 12.0 Å². The smallest absolute Gasteiger partial charge is 0.410 e. The Balaban J connectivity index is 2.40. The summed E-state index contributed by atoms with van der Waals surface area (Å²) in [5.41, 5.74) is -1.11. The number of carbonyl (C=O) groups excluding carboxylic acids is 1. The Morgan fingerprint density at radius 3 is 2.33 bits per heavy atom. The minimum absolute atomic E-state index is 0.0276. The highest BCUT2D eigenvalue weighted by molar-refractivity contribution is 5.68. The minimum atomic E-state index is -4.21. The van der Waals surface area contributed by atoms with Gasteiger partial charge in [-0.25, -0.2) is 4.79 Å². The number of aliphatic hydroxyl groups excluding tert-OH is 2. The zero-order valence-corrected chi connectivity index (χ0v) is 14.2. The van der Waals surface area contributed by atoms with Gasteiger partial charge in [0.2, 0.25) is 0 Å². The molecule has 2 bridgehead atoms. The molecule has 0 unspecified atom stereocenters. The van der Waals surface area contributed by atoms with E-state index in [1.807, 2.05) is 0 Å². The molecule has 5 atom stereocenters. The summed E-state index contributed by atoms with van der Waals surface area (Å²) >= 11 is 0. The fourth-order valence-electron chi connectivity index (χ4n) is 3.46. The first-order chi connectivity index (χ1) is 10.9. The second-order valence-electron chi connectivity index (χ2n) is 7.04. The highest BCUT2D eigenvalue weighted by Crippen LogP contribution is 2.54. The van der Waals surface area contributed by atoms with Gasteiger partial charge in [-0.2, -0.15) is 8.78 Å². The SMILES string of the molecule is CCN(CC)C(=O)O[C@@H]1C(C)(C)C[C@@H]2O[C@@]1(O)C(F)(F)[C@H](O)[C@H]2O. The van der Waals surface area contributed by atoms with E-state index in [4.69, 9.17) is 9.47 Å². The third-order valence-corrected chi connectivity index (χ3v) is 4.92. The Morgan fingerprint density at radius 2 is 1.83 bits per heavy atom. The van der Waals surface area contributed by atoms with Crippen molar-refractivity contribution in [3.05, 3.63) is 0 Å². The Morgan fingerprint density at radius 1 is 1.29 bits per heavy atom. The monoisotopic (exact) mass is 353 g/mol. The van der Waals surface area contributed by atoms with Crippen LogP contribution in [0.1, 0.15) is 34.1 Å². The van der Waals surface area contributed by atoms with Crippen LogP contribution in [0.4, 0.5) is 13.6 Å². The number of nitrogens with zero attached hydrogens (tertiary/aromatic N) is 1. The Bertz CT molecular complexity index is 498. The molecule has 2 saturated heterocycles. The number of hydrogen-bond donors (Lipinski definition) is 3. The maximum Gasteiger partial charge on any atom is 0.410 e. The van der Waals surface area contributed by atoms with Crippen LogP contribution in [-0.2, 0) is 9.47 Å². The molecule has 2 fully saturated rings. The van der Waals surface area contributed by atoms with Gasteiger partial charge in [-0.3, -0.25) is 0 Å². The minimum Gasteiger partial charge on any atom is -0.439 e. The van der Waals surface area contributed by atoms with Crippen molar-refractivity contribution in [2.75, 3.05) is 13.1 Å². The molecule has 2 aliphatic heterocycles. The largest absolute Gasteiger partial charge is 0.439 e. The molecule has 0 aliphatic carbocycles. The van der Waals surface area contributed by atoms with Crippen molar-refractivity contribution < 1.29 is 38.4 Å². The molecule has 2 aliphatic rings. The quantitative estimate of drug-likeness (QED) is 0.691. The number of halogens is 2. The molecule has 0 saturated carbocycles. The molecule has 2 heterocycles. The lowest BCUT2D eigenvalue weighted by Gasteiger charge is -2.58. The Kier molecular flexibility index (Phi) is 4.86. The number of amides is 1. The maximum atomic E-state index is 14.5. The predicted octanol–water partition coefficient (Wildman–Crippen LogP) is 0.708. The fourth-order valence-corrected chi connectivity index (χ4v) is 3.46. The van der Waals surface area contributed by atoms with Crippen molar-refractivity contribution >= 4 is 6.09 Å². The summed E-state index contributed by atoms with van der Waals surface area (Å²) in [6.07, 6.45) is -8.11. The van der Waals surface area contributed by atoms with E-state index >= 15 is 0 Å². The Labute approximate surface area is 139 Å². The number of carbonyl (C=O) groups is 1.